The zero-order valence-corrected chi connectivity index (χ0v) is 9.84. The molecule has 1 saturated heterocycles. The number of nitrogens with one attached hydrogen (secondary N) is 2. The Labute approximate surface area is 97.1 Å². The monoisotopic (exact) mass is 226 g/mol. The fourth-order valence-electron chi connectivity index (χ4n) is 2.21. The second-order valence-electron chi connectivity index (χ2n) is 4.88. The van der Waals surface area contributed by atoms with Gasteiger partial charge in [0.2, 0.25) is 5.91 Å². The first-order valence-corrected chi connectivity index (χ1v) is 6.42. The van der Waals surface area contributed by atoms with E-state index in [-0.39, 0.29) is 5.91 Å². The van der Waals surface area contributed by atoms with Crippen LogP contribution in [0, 0.1) is 5.92 Å². The molecule has 1 aliphatic heterocycles. The van der Waals surface area contributed by atoms with Gasteiger partial charge in [-0.15, -0.1) is 0 Å². The van der Waals surface area contributed by atoms with E-state index in [2.05, 4.69) is 10.6 Å². The van der Waals surface area contributed by atoms with Crippen LogP contribution >= 0.6 is 0 Å². The molecule has 92 valence electrons. The van der Waals surface area contributed by atoms with Crippen molar-refractivity contribution in [1.82, 2.24) is 10.6 Å². The van der Waals surface area contributed by atoms with E-state index in [1.54, 1.807) is 0 Å². The second-order valence-corrected chi connectivity index (χ2v) is 4.88. The fraction of sp³-hybridized carbons (Fsp3) is 0.917. The highest BCUT2D eigenvalue weighted by molar-refractivity contribution is 5.78. The van der Waals surface area contributed by atoms with Crippen LogP contribution in [0.15, 0.2) is 0 Å². The van der Waals surface area contributed by atoms with Crippen LogP contribution in [0.2, 0.25) is 0 Å². The molecule has 4 heteroatoms. The summed E-state index contributed by atoms with van der Waals surface area (Å²) in [7, 11) is 0. The highest BCUT2D eigenvalue weighted by Crippen LogP contribution is 2.24. The van der Waals surface area contributed by atoms with Gasteiger partial charge in [0.25, 0.3) is 0 Å². The van der Waals surface area contributed by atoms with Crippen LogP contribution in [-0.2, 0) is 9.53 Å². The Morgan fingerprint density at radius 2 is 1.94 bits per heavy atom. The molecule has 0 unspecified atom stereocenters. The van der Waals surface area contributed by atoms with E-state index in [1.165, 1.54) is 19.3 Å². The van der Waals surface area contributed by atoms with Crippen molar-refractivity contribution in [2.45, 2.75) is 38.1 Å². The van der Waals surface area contributed by atoms with Gasteiger partial charge in [-0.05, 0) is 38.1 Å². The molecular weight excluding hydrogens is 204 g/mol. The summed E-state index contributed by atoms with van der Waals surface area (Å²) in [5.74, 6) is 0.946. The molecule has 16 heavy (non-hydrogen) atoms. The van der Waals surface area contributed by atoms with E-state index < -0.39 is 0 Å². The first-order valence-electron chi connectivity index (χ1n) is 6.42. The molecule has 1 saturated carbocycles. The maximum atomic E-state index is 11.6. The topological polar surface area (TPSA) is 50.4 Å². The van der Waals surface area contributed by atoms with Gasteiger partial charge in [0.15, 0.2) is 0 Å². The summed E-state index contributed by atoms with van der Waals surface area (Å²) >= 11 is 0. The molecule has 0 aromatic heterocycles. The van der Waals surface area contributed by atoms with Crippen LogP contribution in [0.5, 0.6) is 0 Å². The summed E-state index contributed by atoms with van der Waals surface area (Å²) in [6.45, 7) is 3.02. The Morgan fingerprint density at radius 1 is 1.19 bits per heavy atom. The number of hydrogen-bond donors (Lipinski definition) is 2. The van der Waals surface area contributed by atoms with Crippen molar-refractivity contribution >= 4 is 5.91 Å². The van der Waals surface area contributed by atoms with Gasteiger partial charge >= 0.3 is 0 Å². The summed E-state index contributed by atoms with van der Waals surface area (Å²) in [4.78, 5) is 11.6. The predicted molar refractivity (Wildman–Crippen MR) is 62.2 cm³/mol. The highest BCUT2D eigenvalue weighted by atomic mass is 16.5. The molecule has 0 spiro atoms. The van der Waals surface area contributed by atoms with E-state index in [4.69, 9.17) is 4.74 Å². The normalized spacial score (nSPS) is 22.8. The quantitative estimate of drug-likeness (QED) is 0.724. The molecule has 2 fully saturated rings. The van der Waals surface area contributed by atoms with Crippen LogP contribution in [0.4, 0.5) is 0 Å². The van der Waals surface area contributed by atoms with Crippen molar-refractivity contribution in [1.29, 1.82) is 0 Å². The lowest BCUT2D eigenvalue weighted by molar-refractivity contribution is -0.121. The van der Waals surface area contributed by atoms with E-state index in [9.17, 15) is 4.79 Å². The minimum Gasteiger partial charge on any atom is -0.381 e. The lowest BCUT2D eigenvalue weighted by Crippen LogP contribution is -2.44. The van der Waals surface area contributed by atoms with Gasteiger partial charge < -0.3 is 15.4 Å². The Bertz CT molecular complexity index is 223. The zero-order chi connectivity index (χ0) is 11.2. The highest BCUT2D eigenvalue weighted by Gasteiger charge is 2.18. The van der Waals surface area contributed by atoms with Gasteiger partial charge in [-0.2, -0.15) is 0 Å². The van der Waals surface area contributed by atoms with Crippen molar-refractivity contribution in [3.8, 4) is 0 Å². The number of amides is 1. The van der Waals surface area contributed by atoms with Crippen molar-refractivity contribution in [3.05, 3.63) is 0 Å². The maximum Gasteiger partial charge on any atom is 0.234 e. The largest absolute Gasteiger partial charge is 0.381 e. The van der Waals surface area contributed by atoms with Gasteiger partial charge in [0.05, 0.1) is 6.54 Å². The van der Waals surface area contributed by atoms with Gasteiger partial charge in [0, 0.05) is 19.3 Å². The molecule has 1 aliphatic carbocycles. The van der Waals surface area contributed by atoms with Crippen molar-refractivity contribution in [2.24, 2.45) is 5.92 Å². The summed E-state index contributed by atoms with van der Waals surface area (Å²) in [6.07, 6.45) is 5.92. The summed E-state index contributed by atoms with van der Waals surface area (Å²) in [5.41, 5.74) is 0. The van der Waals surface area contributed by atoms with Gasteiger partial charge in [-0.3, -0.25) is 4.79 Å². The summed E-state index contributed by atoms with van der Waals surface area (Å²) in [5, 5.41) is 6.28. The molecule has 1 heterocycles. The van der Waals surface area contributed by atoms with Crippen LogP contribution < -0.4 is 10.6 Å². The molecule has 4 nitrogen and oxygen atoms in total. The average Bonchev–Trinajstić information content (AvgIpc) is 2.23. The third kappa shape index (κ3) is 3.76. The Kier molecular flexibility index (Phi) is 4.60. The zero-order valence-electron chi connectivity index (χ0n) is 9.84. The first kappa shape index (κ1) is 11.9. The molecule has 2 aliphatic rings. The van der Waals surface area contributed by atoms with Crippen molar-refractivity contribution in [2.75, 3.05) is 26.3 Å². The Hall–Kier alpha value is -0.610. The summed E-state index contributed by atoms with van der Waals surface area (Å²) in [6, 6.07) is 0.326. The second kappa shape index (κ2) is 6.21. The van der Waals surface area contributed by atoms with Gasteiger partial charge in [-0.1, -0.05) is 6.42 Å². The fourth-order valence-corrected chi connectivity index (χ4v) is 2.21. The number of rotatable bonds is 5. The number of carbonyl (C=O) groups is 1. The Balaban J connectivity index is 1.52. The lowest BCUT2D eigenvalue weighted by atomic mass is 9.85. The van der Waals surface area contributed by atoms with Crippen LogP contribution in [0.1, 0.15) is 32.1 Å². The standard InChI is InChI=1S/C12H22N2O2/c15-12(9-13-8-10-2-1-3-10)14-11-4-6-16-7-5-11/h10-11,13H,1-9H2,(H,14,15). The van der Waals surface area contributed by atoms with E-state index in [0.29, 0.717) is 12.6 Å². The number of carbonyl (C=O) groups excluding carboxylic acids is 1. The third-order valence-corrected chi connectivity index (χ3v) is 3.53. The smallest absolute Gasteiger partial charge is 0.234 e. The molecule has 2 N–H and O–H groups in total. The van der Waals surface area contributed by atoms with Crippen molar-refractivity contribution in [3.63, 3.8) is 0 Å². The average molecular weight is 226 g/mol. The lowest BCUT2D eigenvalue weighted by Gasteiger charge is -2.26. The van der Waals surface area contributed by atoms with Crippen LogP contribution in [-0.4, -0.2) is 38.3 Å². The molecular formula is C12H22N2O2. The molecule has 0 aromatic carbocycles. The van der Waals surface area contributed by atoms with Gasteiger partial charge in [-0.25, -0.2) is 0 Å². The number of ether oxygens (including phenoxy) is 1. The predicted octanol–water partition coefficient (Wildman–Crippen LogP) is 0.671. The maximum absolute atomic E-state index is 11.6. The van der Waals surface area contributed by atoms with E-state index in [0.717, 1.165) is 38.5 Å². The molecule has 0 bridgehead atoms. The van der Waals surface area contributed by atoms with Gasteiger partial charge in [0.1, 0.15) is 0 Å². The number of hydrogen-bond acceptors (Lipinski definition) is 3. The molecule has 0 radical (unpaired) electrons. The summed E-state index contributed by atoms with van der Waals surface area (Å²) < 4.78 is 5.25. The SMILES string of the molecule is O=C(CNCC1CCC1)NC1CCOCC1. The minimum atomic E-state index is 0.131. The Morgan fingerprint density at radius 3 is 2.56 bits per heavy atom. The molecule has 0 atom stereocenters. The molecule has 0 aromatic rings. The van der Waals surface area contributed by atoms with E-state index in [1.807, 2.05) is 0 Å². The van der Waals surface area contributed by atoms with Crippen LogP contribution in [0.25, 0.3) is 0 Å². The van der Waals surface area contributed by atoms with E-state index >= 15 is 0 Å². The minimum absolute atomic E-state index is 0.131. The third-order valence-electron chi connectivity index (χ3n) is 3.53. The van der Waals surface area contributed by atoms with Crippen LogP contribution in [0.3, 0.4) is 0 Å². The molecule has 1 amide bonds. The van der Waals surface area contributed by atoms with Crippen molar-refractivity contribution < 1.29 is 9.53 Å². The molecule has 2 rings (SSSR count). The first-order chi connectivity index (χ1) is 7.84.